The normalized spacial score (nSPS) is 24.9. The van der Waals surface area contributed by atoms with Crippen LogP contribution in [0.5, 0.6) is 0 Å². The third-order valence-electron chi connectivity index (χ3n) is 5.46. The van der Waals surface area contributed by atoms with Gasteiger partial charge in [0.25, 0.3) is 0 Å². The maximum atomic E-state index is 12.9. The summed E-state index contributed by atoms with van der Waals surface area (Å²) in [7, 11) is 0. The molecule has 1 saturated carbocycles. The van der Waals surface area contributed by atoms with Crippen molar-refractivity contribution in [2.24, 2.45) is 17.6 Å². The van der Waals surface area contributed by atoms with Gasteiger partial charge in [0, 0.05) is 48.2 Å². The summed E-state index contributed by atoms with van der Waals surface area (Å²) in [5, 5.41) is 2.92. The van der Waals surface area contributed by atoms with Crippen molar-refractivity contribution in [1.29, 1.82) is 0 Å². The van der Waals surface area contributed by atoms with E-state index in [1.807, 2.05) is 5.38 Å². The molecule has 7 heteroatoms. The van der Waals surface area contributed by atoms with Gasteiger partial charge in [0.05, 0.1) is 11.3 Å². The van der Waals surface area contributed by atoms with Crippen LogP contribution in [0.1, 0.15) is 12.0 Å². The molecule has 2 aromatic rings. The number of hydrogen-bond acceptors (Lipinski definition) is 4. The smallest absolute Gasteiger partial charge is 0.368 e. The van der Waals surface area contributed by atoms with E-state index in [-0.39, 0.29) is 0 Å². The third kappa shape index (κ3) is 3.50. The highest BCUT2D eigenvalue weighted by molar-refractivity contribution is 7.17. The van der Waals surface area contributed by atoms with Gasteiger partial charge in [0.1, 0.15) is 0 Å². The Balaban J connectivity index is 1.43. The van der Waals surface area contributed by atoms with Crippen LogP contribution in [0.3, 0.4) is 0 Å². The number of nitrogens with two attached hydrogens (primary N) is 1. The monoisotopic (exact) mass is 369 g/mol. The molecule has 25 heavy (non-hydrogen) atoms. The fraction of sp³-hybridized carbons (Fsp3) is 0.556. The van der Waals surface area contributed by atoms with Crippen LogP contribution in [-0.4, -0.2) is 44.2 Å². The van der Waals surface area contributed by atoms with E-state index in [9.17, 15) is 13.2 Å². The number of halogens is 3. The molecule has 2 fully saturated rings. The standard InChI is InChI=1S/C18H22F3N3S/c19-18(20,21)14-1-2-15-16(11-25-17(15)8-14)24-5-3-23(4-6-24)10-13-7-12(13)9-22/h1-2,8,11-13H,3-7,9-10,22H2/t12-,13+/m0/s1. The number of alkyl halides is 3. The number of nitrogens with zero attached hydrogens (tertiary/aromatic N) is 2. The fourth-order valence-corrected chi connectivity index (χ4v) is 4.77. The van der Waals surface area contributed by atoms with E-state index in [4.69, 9.17) is 5.73 Å². The second-order valence-electron chi connectivity index (χ2n) is 7.11. The highest BCUT2D eigenvalue weighted by Gasteiger charge is 2.37. The molecule has 2 atom stereocenters. The van der Waals surface area contributed by atoms with Crippen molar-refractivity contribution in [1.82, 2.24) is 4.90 Å². The van der Waals surface area contributed by atoms with Crippen molar-refractivity contribution in [2.75, 3.05) is 44.2 Å². The molecule has 0 spiro atoms. The topological polar surface area (TPSA) is 32.5 Å². The first-order valence-corrected chi connectivity index (χ1v) is 9.59. The first-order valence-electron chi connectivity index (χ1n) is 8.71. The molecule has 2 aliphatic rings. The van der Waals surface area contributed by atoms with Gasteiger partial charge >= 0.3 is 6.18 Å². The zero-order valence-corrected chi connectivity index (χ0v) is 14.7. The summed E-state index contributed by atoms with van der Waals surface area (Å²) in [6.07, 6.45) is -3.03. The lowest BCUT2D eigenvalue weighted by Crippen LogP contribution is -2.47. The number of benzene rings is 1. The van der Waals surface area contributed by atoms with Gasteiger partial charge in [-0.1, -0.05) is 6.07 Å². The second-order valence-corrected chi connectivity index (χ2v) is 8.02. The first-order chi connectivity index (χ1) is 12.0. The Hall–Kier alpha value is -1.31. The number of hydrogen-bond donors (Lipinski definition) is 1. The van der Waals surface area contributed by atoms with Gasteiger partial charge in [-0.2, -0.15) is 13.2 Å². The number of anilines is 1. The minimum absolute atomic E-state index is 0.572. The molecule has 4 rings (SSSR count). The molecule has 0 amide bonds. The van der Waals surface area contributed by atoms with Crippen LogP contribution in [0.25, 0.3) is 10.1 Å². The first kappa shape index (κ1) is 17.1. The van der Waals surface area contributed by atoms with Crippen LogP contribution >= 0.6 is 11.3 Å². The van der Waals surface area contributed by atoms with Crippen LogP contribution in [0.4, 0.5) is 18.9 Å². The van der Waals surface area contributed by atoms with Crippen molar-refractivity contribution >= 4 is 27.1 Å². The molecule has 1 saturated heterocycles. The van der Waals surface area contributed by atoms with Gasteiger partial charge in [-0.15, -0.1) is 11.3 Å². The lowest BCUT2D eigenvalue weighted by molar-refractivity contribution is -0.137. The lowest BCUT2D eigenvalue weighted by Gasteiger charge is -2.36. The molecule has 0 radical (unpaired) electrons. The Morgan fingerprint density at radius 1 is 1.12 bits per heavy atom. The van der Waals surface area contributed by atoms with Crippen molar-refractivity contribution < 1.29 is 13.2 Å². The fourth-order valence-electron chi connectivity index (χ4n) is 3.76. The minimum atomic E-state index is -4.28. The van der Waals surface area contributed by atoms with E-state index in [1.54, 1.807) is 6.07 Å². The zero-order valence-electron chi connectivity index (χ0n) is 13.9. The summed E-state index contributed by atoms with van der Waals surface area (Å²) in [6.45, 7) is 5.79. The average Bonchev–Trinajstić information content (AvgIpc) is 3.20. The molecule has 1 aromatic heterocycles. The lowest BCUT2D eigenvalue weighted by atomic mass is 10.1. The van der Waals surface area contributed by atoms with Crippen molar-refractivity contribution in [2.45, 2.75) is 12.6 Å². The molecule has 0 unspecified atom stereocenters. The van der Waals surface area contributed by atoms with Gasteiger partial charge < -0.3 is 10.6 Å². The molecule has 1 aliphatic carbocycles. The van der Waals surface area contributed by atoms with Gasteiger partial charge in [-0.25, -0.2) is 0 Å². The summed E-state index contributed by atoms with van der Waals surface area (Å²) in [6, 6.07) is 4.07. The summed E-state index contributed by atoms with van der Waals surface area (Å²) in [5.41, 5.74) is 6.21. The quantitative estimate of drug-likeness (QED) is 0.893. The predicted octanol–water partition coefficient (Wildman–Crippen LogP) is 3.64. The highest BCUT2D eigenvalue weighted by atomic mass is 32.1. The molecule has 136 valence electrons. The molecule has 2 N–H and O–H groups in total. The van der Waals surface area contributed by atoms with Gasteiger partial charge in [-0.05, 0) is 36.9 Å². The van der Waals surface area contributed by atoms with Gasteiger partial charge in [0.15, 0.2) is 0 Å². The number of thiophene rings is 1. The van der Waals surface area contributed by atoms with Crippen LogP contribution in [0.2, 0.25) is 0 Å². The Bertz CT molecular complexity index is 750. The molecule has 2 heterocycles. The van der Waals surface area contributed by atoms with E-state index in [0.717, 1.165) is 56.3 Å². The van der Waals surface area contributed by atoms with Crippen LogP contribution in [0.15, 0.2) is 23.6 Å². The maximum Gasteiger partial charge on any atom is 0.416 e. The number of piperazine rings is 1. The molecule has 1 aliphatic heterocycles. The highest BCUT2D eigenvalue weighted by Crippen LogP contribution is 2.39. The zero-order chi connectivity index (χ0) is 17.6. The molecule has 1 aromatic carbocycles. The summed E-state index contributed by atoms with van der Waals surface area (Å²) >= 11 is 1.39. The van der Waals surface area contributed by atoms with Crippen molar-refractivity contribution in [3.05, 3.63) is 29.1 Å². The summed E-state index contributed by atoms with van der Waals surface area (Å²) < 4.78 is 39.3. The molecular formula is C18H22F3N3S. The average molecular weight is 369 g/mol. The second kappa shape index (κ2) is 6.45. The van der Waals surface area contributed by atoms with E-state index < -0.39 is 11.7 Å². The van der Waals surface area contributed by atoms with Crippen molar-refractivity contribution in [3.63, 3.8) is 0 Å². The Kier molecular flexibility index (Phi) is 4.42. The Morgan fingerprint density at radius 2 is 1.88 bits per heavy atom. The van der Waals surface area contributed by atoms with Gasteiger partial charge in [-0.3, -0.25) is 4.90 Å². The molecular weight excluding hydrogens is 347 g/mol. The van der Waals surface area contributed by atoms with Gasteiger partial charge in [0.2, 0.25) is 0 Å². The van der Waals surface area contributed by atoms with Crippen LogP contribution < -0.4 is 10.6 Å². The van der Waals surface area contributed by atoms with Crippen molar-refractivity contribution in [3.8, 4) is 0 Å². The summed E-state index contributed by atoms with van der Waals surface area (Å²) in [5.74, 6) is 1.47. The SMILES string of the molecule is NC[C@@H]1C[C@@H]1CN1CCN(c2csc3cc(C(F)(F)F)ccc23)CC1. The number of rotatable bonds is 4. The van der Waals surface area contributed by atoms with E-state index in [0.29, 0.717) is 10.6 Å². The number of fused-ring (bicyclic) bond motifs is 1. The molecule has 0 bridgehead atoms. The predicted molar refractivity (Wildman–Crippen MR) is 96.1 cm³/mol. The van der Waals surface area contributed by atoms with Crippen LogP contribution in [0, 0.1) is 11.8 Å². The molecule has 3 nitrogen and oxygen atoms in total. The van der Waals surface area contributed by atoms with E-state index in [1.165, 1.54) is 29.9 Å². The Labute approximate surface area is 149 Å². The Morgan fingerprint density at radius 3 is 2.52 bits per heavy atom. The van der Waals surface area contributed by atoms with E-state index in [2.05, 4.69) is 9.80 Å². The van der Waals surface area contributed by atoms with E-state index >= 15 is 0 Å². The maximum absolute atomic E-state index is 12.9. The minimum Gasteiger partial charge on any atom is -0.368 e. The third-order valence-corrected chi connectivity index (χ3v) is 6.39. The van der Waals surface area contributed by atoms with Crippen LogP contribution in [-0.2, 0) is 6.18 Å². The summed E-state index contributed by atoms with van der Waals surface area (Å²) in [4.78, 5) is 4.79. The largest absolute Gasteiger partial charge is 0.416 e.